The molecule has 0 aliphatic rings. The third kappa shape index (κ3) is 2.31. The average molecular weight is 307 g/mol. The summed E-state index contributed by atoms with van der Waals surface area (Å²) in [6, 6.07) is 5.32. The number of nitrogen functional groups attached to an aromatic ring is 1. The van der Waals surface area contributed by atoms with E-state index in [2.05, 4.69) is 31.9 Å². The normalized spacial score (nSPS) is 12.5. The van der Waals surface area contributed by atoms with E-state index in [9.17, 15) is 4.79 Å². The lowest BCUT2D eigenvalue weighted by Crippen LogP contribution is -2.13. The molecule has 13 heavy (non-hydrogen) atoms. The number of Topliss-reactive ketones (excluding diaryl/α,β-unsaturated/α-hetero) is 1. The topological polar surface area (TPSA) is 43.1 Å². The van der Waals surface area contributed by atoms with Gasteiger partial charge in [-0.25, -0.2) is 0 Å². The first-order chi connectivity index (χ1) is 6.04. The largest absolute Gasteiger partial charge is 0.398 e. The molecule has 2 nitrogen and oxygen atoms in total. The highest BCUT2D eigenvalue weighted by Crippen LogP contribution is 2.25. The molecule has 2 N–H and O–H groups in total. The number of hydrogen-bond donors (Lipinski definition) is 1. The van der Waals surface area contributed by atoms with Gasteiger partial charge in [0.15, 0.2) is 5.78 Å². The van der Waals surface area contributed by atoms with E-state index in [1.54, 1.807) is 25.1 Å². The first kappa shape index (κ1) is 10.7. The van der Waals surface area contributed by atoms with E-state index in [0.29, 0.717) is 11.3 Å². The zero-order valence-electron chi connectivity index (χ0n) is 7.05. The Hall–Kier alpha value is -0.350. The number of hydrogen-bond acceptors (Lipinski definition) is 2. The van der Waals surface area contributed by atoms with Gasteiger partial charge in [0.05, 0.1) is 10.4 Å². The van der Waals surface area contributed by atoms with Crippen molar-refractivity contribution in [2.45, 2.75) is 11.8 Å². The van der Waals surface area contributed by atoms with Crippen LogP contribution in [0.4, 0.5) is 5.69 Å². The van der Waals surface area contributed by atoms with Crippen molar-refractivity contribution in [1.82, 2.24) is 0 Å². The second-order valence-corrected chi connectivity index (χ2v) is 4.91. The summed E-state index contributed by atoms with van der Waals surface area (Å²) in [6.07, 6.45) is 0. The molecule has 1 unspecified atom stereocenters. The van der Waals surface area contributed by atoms with Gasteiger partial charge in [0.1, 0.15) is 0 Å². The van der Waals surface area contributed by atoms with Crippen LogP contribution in [0.25, 0.3) is 0 Å². The molecule has 4 heteroatoms. The lowest BCUT2D eigenvalue weighted by molar-refractivity contribution is 0.0996. The van der Waals surface area contributed by atoms with Crippen molar-refractivity contribution in [1.29, 1.82) is 0 Å². The fourth-order valence-electron chi connectivity index (χ4n) is 1.000. The van der Waals surface area contributed by atoms with Crippen molar-refractivity contribution < 1.29 is 4.79 Å². The van der Waals surface area contributed by atoms with Gasteiger partial charge in [-0.3, -0.25) is 4.79 Å². The molecule has 0 aromatic heterocycles. The van der Waals surface area contributed by atoms with E-state index in [-0.39, 0.29) is 10.6 Å². The number of alkyl halides is 1. The zero-order chi connectivity index (χ0) is 10.0. The van der Waals surface area contributed by atoms with Crippen LogP contribution in [0, 0.1) is 0 Å². The van der Waals surface area contributed by atoms with Gasteiger partial charge in [0.25, 0.3) is 0 Å². The molecule has 0 bridgehead atoms. The maximum Gasteiger partial charge on any atom is 0.179 e. The van der Waals surface area contributed by atoms with Crippen LogP contribution >= 0.6 is 31.9 Å². The summed E-state index contributed by atoms with van der Waals surface area (Å²) < 4.78 is 0.740. The van der Waals surface area contributed by atoms with Crippen molar-refractivity contribution in [3.8, 4) is 0 Å². The molecule has 70 valence electrons. The van der Waals surface area contributed by atoms with E-state index in [1.165, 1.54) is 0 Å². The van der Waals surface area contributed by atoms with E-state index in [0.717, 1.165) is 4.47 Å². The van der Waals surface area contributed by atoms with Crippen LogP contribution in [-0.4, -0.2) is 10.6 Å². The molecule has 0 heterocycles. The van der Waals surface area contributed by atoms with Crippen LogP contribution in [-0.2, 0) is 0 Å². The van der Waals surface area contributed by atoms with Gasteiger partial charge < -0.3 is 5.73 Å². The van der Waals surface area contributed by atoms with Gasteiger partial charge in [-0.1, -0.05) is 22.0 Å². The van der Waals surface area contributed by atoms with Gasteiger partial charge in [-0.15, -0.1) is 0 Å². The number of anilines is 1. The summed E-state index contributed by atoms with van der Waals surface area (Å²) in [6.45, 7) is 1.78. The van der Waals surface area contributed by atoms with Crippen LogP contribution in [0.15, 0.2) is 22.7 Å². The van der Waals surface area contributed by atoms with Crippen LogP contribution in [0.5, 0.6) is 0 Å². The summed E-state index contributed by atoms with van der Waals surface area (Å²) >= 11 is 6.51. The number of carbonyl (C=O) groups is 1. The molecule has 0 aliphatic heterocycles. The van der Waals surface area contributed by atoms with Crippen LogP contribution < -0.4 is 5.73 Å². The Labute approximate surface area is 93.8 Å². The Kier molecular flexibility index (Phi) is 3.50. The van der Waals surface area contributed by atoms with E-state index >= 15 is 0 Å². The van der Waals surface area contributed by atoms with Crippen molar-refractivity contribution in [3.63, 3.8) is 0 Å². The third-order valence-electron chi connectivity index (χ3n) is 1.65. The van der Waals surface area contributed by atoms with Gasteiger partial charge in [0, 0.05) is 10.2 Å². The molecule has 0 aliphatic carbocycles. The van der Waals surface area contributed by atoms with Crippen molar-refractivity contribution in [2.24, 2.45) is 0 Å². The molecule has 1 atom stereocenters. The Balaban J connectivity index is 3.20. The maximum absolute atomic E-state index is 11.6. The monoisotopic (exact) mass is 305 g/mol. The van der Waals surface area contributed by atoms with Gasteiger partial charge in [-0.2, -0.15) is 0 Å². The SMILES string of the molecule is CC(Br)C(=O)c1c(N)cccc1Br. The Morgan fingerprint density at radius 2 is 2.15 bits per heavy atom. The van der Waals surface area contributed by atoms with E-state index < -0.39 is 0 Å². The fourth-order valence-corrected chi connectivity index (χ4v) is 1.81. The van der Waals surface area contributed by atoms with Gasteiger partial charge >= 0.3 is 0 Å². The van der Waals surface area contributed by atoms with Crippen molar-refractivity contribution in [2.75, 3.05) is 5.73 Å². The van der Waals surface area contributed by atoms with Crippen molar-refractivity contribution >= 4 is 43.3 Å². The highest BCUT2D eigenvalue weighted by molar-refractivity contribution is 9.10. The predicted octanol–water partition coefficient (Wildman–Crippen LogP) is 3.00. The molecule has 0 spiro atoms. The van der Waals surface area contributed by atoms with E-state index in [4.69, 9.17) is 5.73 Å². The minimum absolute atomic E-state index is 0.00928. The summed E-state index contributed by atoms with van der Waals surface area (Å²) in [4.78, 5) is 11.4. The Bertz CT molecular complexity index is 316. The molecule has 1 aromatic rings. The molecule has 0 saturated carbocycles. The first-order valence-electron chi connectivity index (χ1n) is 3.76. The first-order valence-corrected chi connectivity index (χ1v) is 5.47. The number of benzene rings is 1. The van der Waals surface area contributed by atoms with E-state index in [1.807, 2.05) is 0 Å². The molecule has 0 radical (unpaired) electrons. The average Bonchev–Trinajstić information content (AvgIpc) is 2.03. The second kappa shape index (κ2) is 4.24. The molecular weight excluding hydrogens is 298 g/mol. The highest BCUT2D eigenvalue weighted by atomic mass is 79.9. The summed E-state index contributed by atoms with van der Waals surface area (Å²) in [5.74, 6) is -0.00928. The fraction of sp³-hybridized carbons (Fsp3) is 0.222. The minimum Gasteiger partial charge on any atom is -0.398 e. The summed E-state index contributed by atoms with van der Waals surface area (Å²) in [5.41, 5.74) is 6.74. The van der Waals surface area contributed by atoms with Crippen molar-refractivity contribution in [3.05, 3.63) is 28.2 Å². The lowest BCUT2D eigenvalue weighted by Gasteiger charge is -2.08. The molecule has 0 fully saturated rings. The standard InChI is InChI=1S/C9H9Br2NO/c1-5(10)9(13)8-6(11)3-2-4-7(8)12/h2-5H,12H2,1H3. The zero-order valence-corrected chi connectivity index (χ0v) is 10.2. The number of nitrogens with two attached hydrogens (primary N) is 1. The number of rotatable bonds is 2. The Morgan fingerprint density at radius 3 is 2.62 bits per heavy atom. The second-order valence-electron chi connectivity index (χ2n) is 2.68. The molecule has 1 aromatic carbocycles. The van der Waals surface area contributed by atoms with Crippen LogP contribution in [0.3, 0.4) is 0 Å². The van der Waals surface area contributed by atoms with Crippen LogP contribution in [0.1, 0.15) is 17.3 Å². The highest BCUT2D eigenvalue weighted by Gasteiger charge is 2.17. The lowest BCUT2D eigenvalue weighted by atomic mass is 10.1. The Morgan fingerprint density at radius 1 is 1.54 bits per heavy atom. The molecule has 1 rings (SSSR count). The van der Waals surface area contributed by atoms with Gasteiger partial charge in [0.2, 0.25) is 0 Å². The molecule has 0 amide bonds. The number of ketones is 1. The predicted molar refractivity (Wildman–Crippen MR) is 61.3 cm³/mol. The third-order valence-corrected chi connectivity index (χ3v) is 2.73. The van der Waals surface area contributed by atoms with Crippen LogP contribution in [0.2, 0.25) is 0 Å². The quantitative estimate of drug-likeness (QED) is 0.518. The summed E-state index contributed by atoms with van der Waals surface area (Å²) in [7, 11) is 0. The number of carbonyl (C=O) groups excluding carboxylic acids is 1. The molecule has 0 saturated heterocycles. The molecular formula is C9H9Br2NO. The smallest absolute Gasteiger partial charge is 0.179 e. The number of halogens is 2. The maximum atomic E-state index is 11.6. The summed E-state index contributed by atoms with van der Waals surface area (Å²) in [5, 5.41) is 0. The minimum atomic E-state index is -0.214. The van der Waals surface area contributed by atoms with Gasteiger partial charge in [-0.05, 0) is 35.0 Å².